The highest BCUT2D eigenvalue weighted by Gasteiger charge is 2.42. The van der Waals surface area contributed by atoms with Gasteiger partial charge < -0.3 is 5.32 Å². The molecule has 0 bridgehead atoms. The molecule has 0 unspecified atom stereocenters. The number of likely N-dealkylation sites (tertiary alicyclic amines) is 1. The number of amides is 1. The molecule has 3 nitrogen and oxygen atoms in total. The number of halogens is 1. The molecule has 1 spiro atoms. The number of hydrogen-bond donors (Lipinski definition) is 1. The lowest BCUT2D eigenvalue weighted by molar-refractivity contribution is 0.0899. The van der Waals surface area contributed by atoms with Crippen molar-refractivity contribution >= 4 is 5.91 Å². The SMILES string of the molecule is C[C@H](Cc1ccccc1F)N1CC[C@@]2(CCc3ccccc3C(=O)N2)C1. The largest absolute Gasteiger partial charge is 0.345 e. The lowest BCUT2D eigenvalue weighted by Crippen LogP contribution is -2.50. The van der Waals surface area contributed by atoms with Crippen LogP contribution in [0.5, 0.6) is 0 Å². The zero-order chi connectivity index (χ0) is 18.1. The fourth-order valence-electron chi connectivity index (χ4n) is 4.40. The number of carbonyl (C=O) groups excluding carboxylic acids is 1. The van der Waals surface area contributed by atoms with Crippen LogP contribution in [-0.4, -0.2) is 35.5 Å². The van der Waals surface area contributed by atoms with Crippen LogP contribution in [0, 0.1) is 5.82 Å². The summed E-state index contributed by atoms with van der Waals surface area (Å²) in [4.78, 5) is 15.1. The van der Waals surface area contributed by atoms with Gasteiger partial charge in [0.15, 0.2) is 0 Å². The van der Waals surface area contributed by atoms with Gasteiger partial charge in [-0.2, -0.15) is 0 Å². The molecule has 0 aliphatic carbocycles. The third kappa shape index (κ3) is 3.26. The van der Waals surface area contributed by atoms with E-state index in [2.05, 4.69) is 23.2 Å². The van der Waals surface area contributed by atoms with E-state index in [4.69, 9.17) is 0 Å². The Balaban J connectivity index is 1.46. The van der Waals surface area contributed by atoms with Crippen molar-refractivity contribution in [2.75, 3.05) is 13.1 Å². The lowest BCUT2D eigenvalue weighted by atomic mass is 9.91. The molecule has 2 aromatic carbocycles. The third-order valence-corrected chi connectivity index (χ3v) is 5.99. The molecule has 2 heterocycles. The molecule has 0 radical (unpaired) electrons. The molecule has 4 heteroatoms. The molecule has 26 heavy (non-hydrogen) atoms. The summed E-state index contributed by atoms with van der Waals surface area (Å²) in [6, 6.07) is 15.1. The van der Waals surface area contributed by atoms with Crippen molar-refractivity contribution in [3.63, 3.8) is 0 Å². The molecule has 2 aliphatic heterocycles. The second-order valence-electron chi connectivity index (χ2n) is 7.76. The van der Waals surface area contributed by atoms with Crippen LogP contribution in [0.3, 0.4) is 0 Å². The Morgan fingerprint density at radius 2 is 1.92 bits per heavy atom. The number of fused-ring (bicyclic) bond motifs is 1. The van der Waals surface area contributed by atoms with Crippen LogP contribution in [0.25, 0.3) is 0 Å². The Kier molecular flexibility index (Phi) is 4.53. The van der Waals surface area contributed by atoms with Gasteiger partial charge in [-0.15, -0.1) is 0 Å². The summed E-state index contributed by atoms with van der Waals surface area (Å²) in [6.07, 6.45) is 3.52. The fraction of sp³-hybridized carbons (Fsp3) is 0.409. The maximum Gasteiger partial charge on any atom is 0.252 e. The van der Waals surface area contributed by atoms with E-state index in [1.807, 2.05) is 30.3 Å². The zero-order valence-electron chi connectivity index (χ0n) is 15.2. The van der Waals surface area contributed by atoms with Gasteiger partial charge in [0.05, 0.1) is 5.54 Å². The summed E-state index contributed by atoms with van der Waals surface area (Å²) in [5.41, 5.74) is 2.54. The van der Waals surface area contributed by atoms with Crippen molar-refractivity contribution in [1.29, 1.82) is 0 Å². The van der Waals surface area contributed by atoms with Crippen molar-refractivity contribution in [3.05, 3.63) is 71.0 Å². The van der Waals surface area contributed by atoms with E-state index >= 15 is 0 Å². The Bertz CT molecular complexity index is 821. The molecule has 1 N–H and O–H groups in total. The minimum Gasteiger partial charge on any atom is -0.345 e. The minimum atomic E-state index is -0.167. The summed E-state index contributed by atoms with van der Waals surface area (Å²) >= 11 is 0. The fourth-order valence-corrected chi connectivity index (χ4v) is 4.40. The quantitative estimate of drug-likeness (QED) is 0.916. The van der Waals surface area contributed by atoms with Gasteiger partial charge in [0.1, 0.15) is 5.82 Å². The number of aryl methyl sites for hydroxylation is 1. The summed E-state index contributed by atoms with van der Waals surface area (Å²) in [7, 11) is 0. The van der Waals surface area contributed by atoms with Crippen LogP contribution < -0.4 is 5.32 Å². The highest BCUT2D eigenvalue weighted by Crippen LogP contribution is 2.32. The highest BCUT2D eigenvalue weighted by atomic mass is 19.1. The first-order valence-corrected chi connectivity index (χ1v) is 9.44. The standard InChI is InChI=1S/C22H25FN2O/c1-16(14-18-7-3-5-9-20(18)23)25-13-12-22(15-25)11-10-17-6-2-4-8-19(17)21(26)24-22/h2-9,16H,10-15H2,1H3,(H,24,26)/t16-,22+/m1/s1. The van der Waals surface area contributed by atoms with Crippen LogP contribution in [-0.2, 0) is 12.8 Å². The Morgan fingerprint density at radius 1 is 1.15 bits per heavy atom. The van der Waals surface area contributed by atoms with Crippen LogP contribution in [0.2, 0.25) is 0 Å². The second kappa shape index (κ2) is 6.84. The van der Waals surface area contributed by atoms with Crippen molar-refractivity contribution in [2.45, 2.75) is 44.2 Å². The van der Waals surface area contributed by atoms with Crippen LogP contribution in [0.15, 0.2) is 48.5 Å². The Labute approximate surface area is 154 Å². The molecule has 2 aromatic rings. The third-order valence-electron chi connectivity index (χ3n) is 5.99. The predicted octanol–water partition coefficient (Wildman–Crippen LogP) is 3.58. The molecule has 2 atom stereocenters. The van der Waals surface area contributed by atoms with Crippen molar-refractivity contribution in [3.8, 4) is 0 Å². The molecule has 4 rings (SSSR count). The second-order valence-corrected chi connectivity index (χ2v) is 7.76. The monoisotopic (exact) mass is 352 g/mol. The van der Waals surface area contributed by atoms with E-state index in [0.29, 0.717) is 6.42 Å². The maximum absolute atomic E-state index is 14.0. The minimum absolute atomic E-state index is 0.0432. The van der Waals surface area contributed by atoms with Crippen molar-refractivity contribution in [1.82, 2.24) is 10.2 Å². The highest BCUT2D eigenvalue weighted by molar-refractivity contribution is 5.96. The van der Waals surface area contributed by atoms with E-state index < -0.39 is 0 Å². The Morgan fingerprint density at radius 3 is 2.77 bits per heavy atom. The van der Waals surface area contributed by atoms with E-state index in [0.717, 1.165) is 49.0 Å². The lowest BCUT2D eigenvalue weighted by Gasteiger charge is -2.31. The number of benzene rings is 2. The first-order valence-electron chi connectivity index (χ1n) is 9.44. The first kappa shape index (κ1) is 17.2. The van der Waals surface area contributed by atoms with E-state index in [1.54, 1.807) is 6.07 Å². The van der Waals surface area contributed by atoms with Crippen LogP contribution in [0.1, 0.15) is 41.3 Å². The molecular formula is C22H25FN2O. The molecule has 1 fully saturated rings. The van der Waals surface area contributed by atoms with Crippen molar-refractivity contribution < 1.29 is 9.18 Å². The number of nitrogens with one attached hydrogen (secondary N) is 1. The molecule has 1 saturated heterocycles. The summed E-state index contributed by atoms with van der Waals surface area (Å²) < 4.78 is 14.0. The summed E-state index contributed by atoms with van der Waals surface area (Å²) in [5, 5.41) is 3.32. The number of hydrogen-bond acceptors (Lipinski definition) is 2. The average molecular weight is 352 g/mol. The number of rotatable bonds is 3. The van der Waals surface area contributed by atoms with E-state index in [1.165, 1.54) is 6.07 Å². The zero-order valence-corrected chi connectivity index (χ0v) is 15.2. The summed E-state index contributed by atoms with van der Waals surface area (Å²) in [6.45, 7) is 3.92. The molecule has 2 aliphatic rings. The van der Waals surface area contributed by atoms with Crippen molar-refractivity contribution in [2.24, 2.45) is 0 Å². The van der Waals surface area contributed by atoms with E-state index in [9.17, 15) is 9.18 Å². The van der Waals surface area contributed by atoms with Crippen LogP contribution in [0.4, 0.5) is 4.39 Å². The van der Waals surface area contributed by atoms with Gasteiger partial charge in [-0.05, 0) is 55.9 Å². The van der Waals surface area contributed by atoms with Gasteiger partial charge >= 0.3 is 0 Å². The maximum atomic E-state index is 14.0. The number of nitrogens with zero attached hydrogens (tertiary/aromatic N) is 1. The molecule has 136 valence electrons. The topological polar surface area (TPSA) is 32.3 Å². The smallest absolute Gasteiger partial charge is 0.252 e. The molecule has 0 saturated carbocycles. The average Bonchev–Trinajstić information content (AvgIpc) is 3.00. The summed E-state index contributed by atoms with van der Waals surface area (Å²) in [5.74, 6) is -0.0896. The van der Waals surface area contributed by atoms with Gasteiger partial charge in [0.25, 0.3) is 5.91 Å². The van der Waals surface area contributed by atoms with Gasteiger partial charge in [-0.3, -0.25) is 9.69 Å². The molecular weight excluding hydrogens is 327 g/mol. The van der Waals surface area contributed by atoms with E-state index in [-0.39, 0.29) is 23.3 Å². The predicted molar refractivity (Wildman–Crippen MR) is 101 cm³/mol. The molecule has 0 aromatic heterocycles. The van der Waals surface area contributed by atoms with Gasteiger partial charge in [-0.25, -0.2) is 4.39 Å². The molecule has 1 amide bonds. The van der Waals surface area contributed by atoms with Gasteiger partial charge in [0.2, 0.25) is 0 Å². The van der Waals surface area contributed by atoms with Crippen LogP contribution >= 0.6 is 0 Å². The number of carbonyl (C=O) groups is 1. The normalized spacial score (nSPS) is 24.2. The van der Waals surface area contributed by atoms with Gasteiger partial charge in [0, 0.05) is 24.7 Å². The Hall–Kier alpha value is -2.20. The first-order chi connectivity index (χ1) is 12.6. The van der Waals surface area contributed by atoms with Gasteiger partial charge in [-0.1, -0.05) is 36.4 Å².